The molecule has 3 aromatic rings. The molecule has 1 unspecified atom stereocenters. The monoisotopic (exact) mass is 591 g/mol. The Morgan fingerprint density at radius 3 is 2.17 bits per heavy atom. The van der Waals surface area contributed by atoms with Gasteiger partial charge in [0.25, 0.3) is 0 Å². The summed E-state index contributed by atoms with van der Waals surface area (Å²) < 4.78 is 41.4. The molecular weight excluding hydrogens is 577 g/mol. The number of hydrogen-bond donors (Lipinski definition) is 0. The molecule has 1 saturated carbocycles. The van der Waals surface area contributed by atoms with E-state index < -0.39 is 12.1 Å². The van der Waals surface area contributed by atoms with Crippen molar-refractivity contribution in [2.24, 2.45) is 0 Å². The van der Waals surface area contributed by atoms with E-state index in [9.17, 15) is 18.0 Å². The van der Waals surface area contributed by atoms with Crippen molar-refractivity contribution >= 4 is 69.9 Å². The topological polar surface area (TPSA) is 30.0 Å². The minimum Gasteiger partial charge on any atom is -0.294 e. The Morgan fingerprint density at radius 1 is 0.972 bits per heavy atom. The van der Waals surface area contributed by atoms with Crippen molar-refractivity contribution in [1.29, 1.82) is 0 Å². The lowest BCUT2D eigenvalue weighted by Gasteiger charge is -2.18. The highest BCUT2D eigenvalue weighted by atomic mass is 35.5. The van der Waals surface area contributed by atoms with Crippen LogP contribution in [-0.2, 0) is 5.41 Å². The highest BCUT2D eigenvalue weighted by Gasteiger charge is 2.46. The first-order chi connectivity index (χ1) is 16.9. The van der Waals surface area contributed by atoms with Crippen LogP contribution in [0.3, 0.4) is 0 Å². The second kappa shape index (κ2) is 10.5. The molecule has 0 bridgehead atoms. The van der Waals surface area contributed by atoms with Crippen LogP contribution >= 0.6 is 58.0 Å². The van der Waals surface area contributed by atoms with Crippen LogP contribution in [0.4, 0.5) is 13.2 Å². The highest BCUT2D eigenvalue weighted by molar-refractivity contribution is 6.48. The minimum atomic E-state index is -4.61. The number of nitrogens with zero attached hydrogens (tertiary/aromatic N) is 1. The number of ketones is 1. The Kier molecular flexibility index (Phi) is 7.99. The lowest BCUT2D eigenvalue weighted by molar-refractivity contribution is -0.139. The summed E-state index contributed by atoms with van der Waals surface area (Å²) in [5.41, 5.74) is 1.21. The van der Waals surface area contributed by atoms with E-state index in [0.717, 1.165) is 36.6 Å². The van der Waals surface area contributed by atoms with E-state index in [-0.39, 0.29) is 43.3 Å². The largest absolute Gasteiger partial charge is 0.399 e. The van der Waals surface area contributed by atoms with E-state index >= 15 is 0 Å². The average Bonchev–Trinajstić information content (AvgIpc) is 3.57. The number of aromatic nitrogens is 1. The number of halogens is 8. The maximum absolute atomic E-state index is 13.8. The predicted octanol–water partition coefficient (Wildman–Crippen LogP) is 10.0. The minimum absolute atomic E-state index is 0.0145. The van der Waals surface area contributed by atoms with Gasteiger partial charge in [0.2, 0.25) is 0 Å². The zero-order chi connectivity index (χ0) is 26.3. The van der Waals surface area contributed by atoms with Crippen molar-refractivity contribution in [2.45, 2.75) is 36.8 Å². The predicted molar refractivity (Wildman–Crippen MR) is 140 cm³/mol. The van der Waals surface area contributed by atoms with Gasteiger partial charge in [-0.15, -0.1) is 0 Å². The van der Waals surface area contributed by atoms with Crippen molar-refractivity contribution in [3.8, 4) is 0 Å². The molecule has 2 nitrogen and oxygen atoms in total. The molecule has 1 atom stereocenters. The fraction of sp³-hybridized carbons (Fsp3) is 0.231. The molecule has 1 aliphatic carbocycles. The summed E-state index contributed by atoms with van der Waals surface area (Å²) >= 11 is 30.0. The number of hydrogen-bond acceptors (Lipinski definition) is 2. The van der Waals surface area contributed by atoms with Crippen LogP contribution in [0.5, 0.6) is 0 Å². The zero-order valence-corrected chi connectivity index (χ0v) is 22.1. The van der Waals surface area contributed by atoms with Crippen molar-refractivity contribution in [1.82, 2.24) is 4.98 Å². The van der Waals surface area contributed by atoms with Gasteiger partial charge >= 0.3 is 6.18 Å². The Hall–Kier alpha value is -1.76. The van der Waals surface area contributed by atoms with E-state index in [2.05, 4.69) is 4.98 Å². The van der Waals surface area contributed by atoms with Crippen molar-refractivity contribution in [3.63, 3.8) is 0 Å². The number of allylic oxidation sites excluding steroid dienone is 1. The summed E-state index contributed by atoms with van der Waals surface area (Å²) in [5, 5.41) is 0.376. The first kappa shape index (κ1) is 27.3. The fourth-order valence-corrected chi connectivity index (χ4v) is 5.06. The van der Waals surface area contributed by atoms with Gasteiger partial charge in [-0.05, 0) is 59.9 Å². The Balaban J connectivity index is 1.54. The molecule has 0 radical (unpaired) electrons. The van der Waals surface area contributed by atoms with E-state index in [0.29, 0.717) is 16.3 Å². The van der Waals surface area contributed by atoms with Gasteiger partial charge in [-0.2, -0.15) is 13.2 Å². The third-order valence-corrected chi connectivity index (χ3v) is 7.92. The van der Waals surface area contributed by atoms with Crippen LogP contribution in [0.2, 0.25) is 25.2 Å². The third kappa shape index (κ3) is 6.03. The number of rotatable bonds is 7. The fourth-order valence-electron chi connectivity index (χ4n) is 4.04. The molecule has 0 spiro atoms. The van der Waals surface area contributed by atoms with Crippen LogP contribution < -0.4 is 0 Å². The van der Waals surface area contributed by atoms with Gasteiger partial charge in [0.1, 0.15) is 5.15 Å². The molecule has 36 heavy (non-hydrogen) atoms. The summed E-state index contributed by atoms with van der Waals surface area (Å²) in [6.07, 6.45) is 1.28. The Bertz CT molecular complexity index is 1310. The Morgan fingerprint density at radius 2 is 1.64 bits per heavy atom. The summed E-state index contributed by atoms with van der Waals surface area (Å²) in [6, 6.07) is 10.4. The first-order valence-corrected chi connectivity index (χ1v) is 12.6. The summed E-state index contributed by atoms with van der Waals surface area (Å²) in [5.74, 6) is -2.13. The maximum atomic E-state index is 13.8. The molecule has 188 valence electrons. The molecule has 1 aromatic heterocycles. The lowest BCUT2D eigenvalue weighted by Crippen LogP contribution is -2.19. The molecule has 1 aliphatic rings. The number of carbonyl (C=O) groups excluding carboxylic acids is 1. The number of benzene rings is 2. The van der Waals surface area contributed by atoms with Gasteiger partial charge in [-0.1, -0.05) is 82.3 Å². The van der Waals surface area contributed by atoms with Crippen molar-refractivity contribution in [2.75, 3.05) is 0 Å². The van der Waals surface area contributed by atoms with Crippen LogP contribution in [-0.4, -0.2) is 16.9 Å². The molecule has 0 aliphatic heterocycles. The summed E-state index contributed by atoms with van der Waals surface area (Å²) in [4.78, 5) is 17.1. The molecule has 2 aromatic carbocycles. The smallest absolute Gasteiger partial charge is 0.294 e. The van der Waals surface area contributed by atoms with Crippen molar-refractivity contribution < 1.29 is 18.0 Å². The first-order valence-electron chi connectivity index (χ1n) is 10.7. The SMILES string of the molecule is O=C(CC1(c2ccc(Cl)nc2)CC1)c1ccc(/C=C/C(c2cc(Cl)c(Cl)c(Cl)c2)C(F)(F)F)cc1Cl. The summed E-state index contributed by atoms with van der Waals surface area (Å²) in [6.45, 7) is 0. The average molecular weight is 594 g/mol. The molecule has 0 N–H and O–H groups in total. The second-order valence-corrected chi connectivity index (χ2v) is 10.7. The van der Waals surface area contributed by atoms with Crippen LogP contribution in [0.15, 0.2) is 54.7 Å². The lowest BCUT2D eigenvalue weighted by atomic mass is 9.89. The van der Waals surface area contributed by atoms with Gasteiger partial charge in [-0.3, -0.25) is 4.79 Å². The van der Waals surface area contributed by atoms with Gasteiger partial charge in [0.05, 0.1) is 26.0 Å². The molecule has 1 heterocycles. The third-order valence-electron chi connectivity index (χ3n) is 6.18. The number of carbonyl (C=O) groups is 1. The molecule has 4 rings (SSSR count). The van der Waals surface area contributed by atoms with Crippen LogP contribution in [0.1, 0.15) is 52.2 Å². The molecular formula is C26H17Cl5F3NO. The standard InChI is InChI=1S/C26H17Cl5F3NO/c27-19-9-14(2-5-18(26(32,33)34)15-10-20(28)24(31)21(29)11-15)1-4-17(19)22(36)12-25(7-8-25)16-3-6-23(30)35-13-16/h1-6,9-11,13,18H,7-8,12H2/b5-2+. The number of Topliss-reactive ketones (excluding diaryl/α,β-unsaturated/α-hetero) is 1. The van der Waals surface area contributed by atoms with Crippen LogP contribution in [0, 0.1) is 0 Å². The normalized spacial score (nSPS) is 15.8. The zero-order valence-electron chi connectivity index (χ0n) is 18.4. The van der Waals surface area contributed by atoms with Gasteiger partial charge in [0.15, 0.2) is 5.78 Å². The van der Waals surface area contributed by atoms with E-state index in [4.69, 9.17) is 58.0 Å². The van der Waals surface area contributed by atoms with E-state index in [1.807, 2.05) is 6.07 Å². The molecule has 1 fully saturated rings. The second-order valence-electron chi connectivity index (χ2n) is 8.67. The quantitative estimate of drug-likeness (QED) is 0.155. The molecule has 0 amide bonds. The van der Waals surface area contributed by atoms with Crippen LogP contribution in [0.25, 0.3) is 6.08 Å². The Labute approximate surface area is 231 Å². The van der Waals surface area contributed by atoms with Gasteiger partial charge in [0, 0.05) is 23.6 Å². The van der Waals surface area contributed by atoms with E-state index in [1.165, 1.54) is 18.2 Å². The molecule has 0 saturated heterocycles. The van der Waals surface area contributed by atoms with E-state index in [1.54, 1.807) is 18.3 Å². The number of alkyl halides is 3. The molecule has 10 heteroatoms. The maximum Gasteiger partial charge on any atom is 0.399 e. The van der Waals surface area contributed by atoms with Gasteiger partial charge < -0.3 is 0 Å². The number of pyridine rings is 1. The van der Waals surface area contributed by atoms with Gasteiger partial charge in [-0.25, -0.2) is 4.98 Å². The summed E-state index contributed by atoms with van der Waals surface area (Å²) in [7, 11) is 0. The highest BCUT2D eigenvalue weighted by Crippen LogP contribution is 2.51. The van der Waals surface area contributed by atoms with Crippen molar-refractivity contribution in [3.05, 3.63) is 102 Å².